The zero-order valence-corrected chi connectivity index (χ0v) is 16.7. The fourth-order valence-corrected chi connectivity index (χ4v) is 3.45. The molecule has 0 saturated carbocycles. The summed E-state index contributed by atoms with van der Waals surface area (Å²) in [7, 11) is 1.68. The minimum absolute atomic E-state index is 0.816. The van der Waals surface area contributed by atoms with Gasteiger partial charge in [0.15, 0.2) is 0 Å². The Bertz CT molecular complexity index is 895. The van der Waals surface area contributed by atoms with Gasteiger partial charge in [0, 0.05) is 45.0 Å². The van der Waals surface area contributed by atoms with Crippen LogP contribution in [-0.2, 0) is 6.42 Å². The first-order chi connectivity index (χ1) is 14.3. The summed E-state index contributed by atoms with van der Waals surface area (Å²) in [5, 5.41) is 3.41. The first-order valence-electron chi connectivity index (χ1n) is 9.91. The minimum Gasteiger partial charge on any atom is -0.497 e. The standard InChI is InChI=1S/C22H26N6O/c1-29-19-7-5-18(6-8-19)9-11-23-20-16-22(26-17-25-20)28-14-12-27(13-15-28)21-4-2-3-10-24-21/h2-8,10,16-17H,9,11-15H2,1H3,(H,23,25,26). The number of hydrogen-bond donors (Lipinski definition) is 1. The molecule has 1 aliphatic heterocycles. The average Bonchev–Trinajstić information content (AvgIpc) is 2.80. The molecule has 0 unspecified atom stereocenters. The van der Waals surface area contributed by atoms with E-state index in [0.717, 1.165) is 62.3 Å². The van der Waals surface area contributed by atoms with Gasteiger partial charge < -0.3 is 19.9 Å². The number of ether oxygens (including phenoxy) is 1. The Balaban J connectivity index is 1.29. The Labute approximate surface area is 171 Å². The van der Waals surface area contributed by atoms with Crippen molar-refractivity contribution >= 4 is 17.5 Å². The number of anilines is 3. The highest BCUT2D eigenvalue weighted by Gasteiger charge is 2.19. The highest BCUT2D eigenvalue weighted by Crippen LogP contribution is 2.19. The maximum atomic E-state index is 5.20. The summed E-state index contributed by atoms with van der Waals surface area (Å²) in [5.74, 6) is 3.74. The molecule has 1 aliphatic rings. The number of nitrogens with zero attached hydrogens (tertiary/aromatic N) is 5. The third kappa shape index (κ3) is 4.93. The molecule has 29 heavy (non-hydrogen) atoms. The molecule has 4 rings (SSSR count). The Morgan fingerprint density at radius 2 is 1.66 bits per heavy atom. The van der Waals surface area contributed by atoms with Gasteiger partial charge in [0.2, 0.25) is 0 Å². The highest BCUT2D eigenvalue weighted by molar-refractivity contribution is 5.50. The maximum Gasteiger partial charge on any atom is 0.134 e. The van der Waals surface area contributed by atoms with Crippen molar-refractivity contribution in [1.82, 2.24) is 15.0 Å². The van der Waals surface area contributed by atoms with Gasteiger partial charge in [-0.15, -0.1) is 0 Å². The second-order valence-corrected chi connectivity index (χ2v) is 6.95. The molecule has 3 heterocycles. The van der Waals surface area contributed by atoms with Crippen LogP contribution in [0.15, 0.2) is 61.1 Å². The lowest BCUT2D eigenvalue weighted by Crippen LogP contribution is -2.47. The predicted molar refractivity (Wildman–Crippen MR) is 116 cm³/mol. The van der Waals surface area contributed by atoms with Crippen molar-refractivity contribution in [1.29, 1.82) is 0 Å². The third-order valence-corrected chi connectivity index (χ3v) is 5.11. The number of methoxy groups -OCH3 is 1. The number of piperazine rings is 1. The van der Waals surface area contributed by atoms with Crippen molar-refractivity contribution in [2.24, 2.45) is 0 Å². The van der Waals surface area contributed by atoms with E-state index in [2.05, 4.69) is 48.3 Å². The van der Waals surface area contributed by atoms with Gasteiger partial charge in [-0.05, 0) is 36.2 Å². The van der Waals surface area contributed by atoms with Crippen LogP contribution in [0.3, 0.4) is 0 Å². The van der Waals surface area contributed by atoms with Gasteiger partial charge in [-0.2, -0.15) is 0 Å². The number of benzene rings is 1. The van der Waals surface area contributed by atoms with E-state index in [-0.39, 0.29) is 0 Å². The molecule has 1 N–H and O–H groups in total. The molecule has 0 atom stereocenters. The molecular formula is C22H26N6O. The summed E-state index contributed by atoms with van der Waals surface area (Å²) in [6.45, 7) is 4.51. The van der Waals surface area contributed by atoms with Gasteiger partial charge in [0.05, 0.1) is 7.11 Å². The van der Waals surface area contributed by atoms with E-state index in [0.29, 0.717) is 0 Å². The Kier molecular flexibility index (Phi) is 6.04. The smallest absolute Gasteiger partial charge is 0.134 e. The zero-order chi connectivity index (χ0) is 19.9. The molecule has 3 aromatic rings. The van der Waals surface area contributed by atoms with E-state index in [4.69, 9.17) is 4.74 Å². The van der Waals surface area contributed by atoms with Crippen LogP contribution in [0.4, 0.5) is 17.5 Å². The molecule has 0 aliphatic carbocycles. The Morgan fingerprint density at radius 3 is 2.34 bits per heavy atom. The van der Waals surface area contributed by atoms with Crippen LogP contribution in [0.2, 0.25) is 0 Å². The van der Waals surface area contributed by atoms with Crippen molar-refractivity contribution in [3.05, 3.63) is 66.6 Å². The normalized spacial score (nSPS) is 14.0. The van der Waals surface area contributed by atoms with E-state index in [1.165, 1.54) is 5.56 Å². The summed E-state index contributed by atoms with van der Waals surface area (Å²) in [4.78, 5) is 17.9. The van der Waals surface area contributed by atoms with Gasteiger partial charge in [-0.1, -0.05) is 18.2 Å². The third-order valence-electron chi connectivity index (χ3n) is 5.11. The highest BCUT2D eigenvalue weighted by atomic mass is 16.5. The van der Waals surface area contributed by atoms with Gasteiger partial charge in [0.25, 0.3) is 0 Å². The summed E-state index contributed by atoms with van der Waals surface area (Å²) in [5.41, 5.74) is 1.26. The van der Waals surface area contributed by atoms with Crippen molar-refractivity contribution < 1.29 is 4.74 Å². The lowest BCUT2D eigenvalue weighted by Gasteiger charge is -2.36. The lowest BCUT2D eigenvalue weighted by atomic mass is 10.1. The molecule has 1 aromatic carbocycles. The molecule has 7 heteroatoms. The lowest BCUT2D eigenvalue weighted by molar-refractivity contribution is 0.414. The first kappa shape index (κ1) is 19.0. The van der Waals surface area contributed by atoms with Crippen molar-refractivity contribution in [2.75, 3.05) is 55.0 Å². The van der Waals surface area contributed by atoms with E-state index in [1.54, 1.807) is 13.4 Å². The number of nitrogens with one attached hydrogen (secondary N) is 1. The molecule has 0 amide bonds. The van der Waals surface area contributed by atoms with E-state index in [1.807, 2.05) is 36.5 Å². The SMILES string of the molecule is COc1ccc(CCNc2cc(N3CCN(c4ccccn4)CC3)ncn2)cc1. The monoisotopic (exact) mass is 390 g/mol. The molecule has 7 nitrogen and oxygen atoms in total. The number of hydrogen-bond acceptors (Lipinski definition) is 7. The van der Waals surface area contributed by atoms with Crippen LogP contribution in [0.5, 0.6) is 5.75 Å². The zero-order valence-electron chi connectivity index (χ0n) is 16.7. The van der Waals surface area contributed by atoms with Crippen LogP contribution in [-0.4, -0.2) is 54.8 Å². The van der Waals surface area contributed by atoms with Crippen LogP contribution < -0.4 is 19.9 Å². The molecule has 150 valence electrons. The van der Waals surface area contributed by atoms with Gasteiger partial charge in [-0.25, -0.2) is 15.0 Å². The second-order valence-electron chi connectivity index (χ2n) is 6.95. The molecule has 2 aromatic heterocycles. The van der Waals surface area contributed by atoms with Crippen molar-refractivity contribution in [2.45, 2.75) is 6.42 Å². The molecular weight excluding hydrogens is 364 g/mol. The van der Waals surface area contributed by atoms with Gasteiger partial charge in [-0.3, -0.25) is 0 Å². The molecule has 0 spiro atoms. The maximum absolute atomic E-state index is 5.20. The van der Waals surface area contributed by atoms with Crippen molar-refractivity contribution in [3.8, 4) is 5.75 Å². The molecule has 0 radical (unpaired) electrons. The topological polar surface area (TPSA) is 66.4 Å². The molecule has 1 saturated heterocycles. The number of rotatable bonds is 7. The predicted octanol–water partition coefficient (Wildman–Crippen LogP) is 2.86. The summed E-state index contributed by atoms with van der Waals surface area (Å²) in [6.07, 6.45) is 4.40. The van der Waals surface area contributed by atoms with E-state index < -0.39 is 0 Å². The fourth-order valence-electron chi connectivity index (χ4n) is 3.45. The van der Waals surface area contributed by atoms with Crippen molar-refractivity contribution in [3.63, 3.8) is 0 Å². The number of aromatic nitrogens is 3. The largest absolute Gasteiger partial charge is 0.497 e. The molecule has 0 bridgehead atoms. The minimum atomic E-state index is 0.816. The van der Waals surface area contributed by atoms with Crippen LogP contribution in [0, 0.1) is 0 Å². The van der Waals surface area contributed by atoms with Crippen LogP contribution >= 0.6 is 0 Å². The fraction of sp³-hybridized carbons (Fsp3) is 0.318. The van der Waals surface area contributed by atoms with E-state index >= 15 is 0 Å². The van der Waals surface area contributed by atoms with E-state index in [9.17, 15) is 0 Å². The first-order valence-corrected chi connectivity index (χ1v) is 9.91. The summed E-state index contributed by atoms with van der Waals surface area (Å²) >= 11 is 0. The summed E-state index contributed by atoms with van der Waals surface area (Å²) in [6, 6.07) is 16.2. The second kappa shape index (κ2) is 9.23. The van der Waals surface area contributed by atoms with Gasteiger partial charge in [0.1, 0.15) is 29.5 Å². The Morgan fingerprint density at radius 1 is 0.897 bits per heavy atom. The van der Waals surface area contributed by atoms with Crippen LogP contribution in [0.1, 0.15) is 5.56 Å². The quantitative estimate of drug-likeness (QED) is 0.665. The Hall–Kier alpha value is -3.35. The number of pyridine rings is 1. The molecule has 1 fully saturated rings. The average molecular weight is 390 g/mol. The van der Waals surface area contributed by atoms with Crippen LogP contribution in [0.25, 0.3) is 0 Å². The van der Waals surface area contributed by atoms with Gasteiger partial charge >= 0.3 is 0 Å². The summed E-state index contributed by atoms with van der Waals surface area (Å²) < 4.78 is 5.20.